The zero-order valence-electron chi connectivity index (χ0n) is 8.01. The van der Waals surface area contributed by atoms with E-state index in [1.807, 2.05) is 0 Å². The highest BCUT2D eigenvalue weighted by Gasteiger charge is 2.17. The molecule has 0 aliphatic carbocycles. The van der Waals surface area contributed by atoms with Crippen LogP contribution >= 0.6 is 11.3 Å². The maximum atomic E-state index is 10.9. The van der Waals surface area contributed by atoms with Gasteiger partial charge in [0.05, 0.1) is 10.2 Å². The normalized spacial score (nSPS) is 10.5. The standard InChI is InChI=1S/C10H7NO4S/c1-2-5-4-11(10(14)15)6-3-7(9(12)13)16-8(5)6/h2-4H,1H2,(H,12,13)(H,14,15). The Bertz CT molecular complexity index is 608. The molecule has 0 aromatic carbocycles. The summed E-state index contributed by atoms with van der Waals surface area (Å²) in [4.78, 5) is 21.8. The largest absolute Gasteiger partial charge is 0.477 e. The Morgan fingerprint density at radius 2 is 2.12 bits per heavy atom. The first-order valence-electron chi connectivity index (χ1n) is 4.28. The lowest BCUT2D eigenvalue weighted by Crippen LogP contribution is -2.05. The van der Waals surface area contributed by atoms with E-state index >= 15 is 0 Å². The highest BCUT2D eigenvalue weighted by atomic mass is 32.1. The minimum atomic E-state index is -1.15. The van der Waals surface area contributed by atoms with Crippen molar-refractivity contribution in [3.8, 4) is 0 Å². The van der Waals surface area contributed by atoms with Crippen LogP contribution in [0.5, 0.6) is 0 Å². The Morgan fingerprint density at radius 1 is 1.44 bits per heavy atom. The summed E-state index contributed by atoms with van der Waals surface area (Å²) >= 11 is 1.04. The van der Waals surface area contributed by atoms with Gasteiger partial charge in [0.1, 0.15) is 4.88 Å². The van der Waals surface area contributed by atoms with Gasteiger partial charge >= 0.3 is 12.1 Å². The van der Waals surface area contributed by atoms with Crippen molar-refractivity contribution < 1.29 is 19.8 Å². The number of nitrogens with zero attached hydrogens (tertiary/aromatic N) is 1. The lowest BCUT2D eigenvalue weighted by atomic mass is 10.3. The van der Waals surface area contributed by atoms with Gasteiger partial charge in [-0.05, 0) is 6.07 Å². The first-order chi connectivity index (χ1) is 7.54. The fourth-order valence-corrected chi connectivity index (χ4v) is 2.44. The van der Waals surface area contributed by atoms with Gasteiger partial charge < -0.3 is 10.2 Å². The number of aromatic carboxylic acids is 1. The molecular weight excluding hydrogens is 230 g/mol. The highest BCUT2D eigenvalue weighted by molar-refractivity contribution is 7.21. The van der Waals surface area contributed by atoms with Gasteiger partial charge in [-0.15, -0.1) is 11.3 Å². The molecule has 16 heavy (non-hydrogen) atoms. The lowest BCUT2D eigenvalue weighted by molar-refractivity contribution is 0.0702. The molecule has 2 N–H and O–H groups in total. The molecule has 0 saturated carbocycles. The van der Waals surface area contributed by atoms with Gasteiger partial charge in [-0.25, -0.2) is 9.59 Å². The first-order valence-corrected chi connectivity index (χ1v) is 5.10. The second kappa shape index (κ2) is 3.49. The van der Waals surface area contributed by atoms with Crippen LogP contribution in [0.15, 0.2) is 18.8 Å². The van der Waals surface area contributed by atoms with E-state index in [1.54, 1.807) is 0 Å². The van der Waals surface area contributed by atoms with E-state index in [2.05, 4.69) is 6.58 Å². The third-order valence-corrected chi connectivity index (χ3v) is 3.30. The molecule has 0 aliphatic heterocycles. The summed E-state index contributed by atoms with van der Waals surface area (Å²) in [6.45, 7) is 3.56. The van der Waals surface area contributed by atoms with E-state index < -0.39 is 12.1 Å². The second-order valence-electron chi connectivity index (χ2n) is 3.07. The topological polar surface area (TPSA) is 79.5 Å². The average molecular weight is 237 g/mol. The van der Waals surface area contributed by atoms with Crippen LogP contribution in [0.25, 0.3) is 16.3 Å². The number of fused-ring (bicyclic) bond motifs is 1. The molecule has 82 valence electrons. The molecule has 0 atom stereocenters. The van der Waals surface area contributed by atoms with E-state index in [0.29, 0.717) is 15.8 Å². The van der Waals surface area contributed by atoms with Crippen molar-refractivity contribution in [2.75, 3.05) is 0 Å². The van der Waals surface area contributed by atoms with E-state index in [1.165, 1.54) is 18.3 Å². The molecule has 0 spiro atoms. The number of carbonyl (C=O) groups is 2. The van der Waals surface area contributed by atoms with Crippen LogP contribution in [0.4, 0.5) is 4.79 Å². The van der Waals surface area contributed by atoms with Gasteiger partial charge in [0.25, 0.3) is 0 Å². The molecule has 2 rings (SSSR count). The van der Waals surface area contributed by atoms with Crippen LogP contribution in [-0.2, 0) is 0 Å². The molecule has 0 radical (unpaired) electrons. The Kier molecular flexibility index (Phi) is 2.28. The maximum Gasteiger partial charge on any atom is 0.416 e. The van der Waals surface area contributed by atoms with Crippen LogP contribution in [0.3, 0.4) is 0 Å². The molecule has 0 fully saturated rings. The van der Waals surface area contributed by atoms with Gasteiger partial charge in [0.15, 0.2) is 0 Å². The molecule has 2 heterocycles. The molecule has 6 heteroatoms. The van der Waals surface area contributed by atoms with Gasteiger partial charge in [-0.2, -0.15) is 0 Å². The molecule has 0 aliphatic rings. The molecule has 0 amide bonds. The predicted octanol–water partition coefficient (Wildman–Crippen LogP) is 2.57. The fourth-order valence-electron chi connectivity index (χ4n) is 1.44. The molecule has 0 bridgehead atoms. The Morgan fingerprint density at radius 3 is 2.62 bits per heavy atom. The average Bonchev–Trinajstić information content (AvgIpc) is 2.73. The van der Waals surface area contributed by atoms with Crippen molar-refractivity contribution in [2.24, 2.45) is 0 Å². The summed E-state index contributed by atoms with van der Waals surface area (Å²) in [6.07, 6.45) is 1.78. The number of carboxylic acids is 1. The maximum absolute atomic E-state index is 10.9. The Labute approximate surface area is 93.9 Å². The van der Waals surface area contributed by atoms with Crippen LogP contribution in [-0.4, -0.2) is 26.8 Å². The number of rotatable bonds is 2. The predicted molar refractivity (Wildman–Crippen MR) is 60.3 cm³/mol. The lowest BCUT2D eigenvalue weighted by Gasteiger charge is -1.92. The van der Waals surface area contributed by atoms with Crippen LogP contribution in [0, 0.1) is 0 Å². The van der Waals surface area contributed by atoms with Gasteiger partial charge in [-0.3, -0.25) is 4.57 Å². The number of carboxylic acid groups (broad SMARTS) is 2. The second-order valence-corrected chi connectivity index (χ2v) is 4.12. The Hall–Kier alpha value is -2.08. The van der Waals surface area contributed by atoms with E-state index in [-0.39, 0.29) is 4.88 Å². The fraction of sp³-hybridized carbons (Fsp3) is 0. The Balaban J connectivity index is 2.79. The minimum Gasteiger partial charge on any atom is -0.477 e. The van der Waals surface area contributed by atoms with E-state index in [9.17, 15) is 9.59 Å². The highest BCUT2D eigenvalue weighted by Crippen LogP contribution is 2.31. The summed E-state index contributed by atoms with van der Waals surface area (Å²) in [7, 11) is 0. The number of hydrogen-bond acceptors (Lipinski definition) is 3. The van der Waals surface area contributed by atoms with Gasteiger partial charge in [0, 0.05) is 11.8 Å². The molecular formula is C10H7NO4S. The SMILES string of the molecule is C=Cc1cn(C(=O)O)c2cc(C(=O)O)sc12. The number of thiophene rings is 1. The van der Waals surface area contributed by atoms with Crippen molar-refractivity contribution in [1.29, 1.82) is 0 Å². The molecule has 2 aromatic heterocycles. The van der Waals surface area contributed by atoms with Crippen molar-refractivity contribution in [3.63, 3.8) is 0 Å². The quantitative estimate of drug-likeness (QED) is 0.841. The third kappa shape index (κ3) is 1.40. The monoisotopic (exact) mass is 237 g/mol. The van der Waals surface area contributed by atoms with Crippen LogP contribution in [0.2, 0.25) is 0 Å². The van der Waals surface area contributed by atoms with Crippen molar-refractivity contribution in [1.82, 2.24) is 4.57 Å². The minimum absolute atomic E-state index is 0.115. The van der Waals surface area contributed by atoms with E-state index in [4.69, 9.17) is 10.2 Å². The van der Waals surface area contributed by atoms with Crippen molar-refractivity contribution >= 4 is 39.7 Å². The summed E-state index contributed by atoms with van der Waals surface area (Å²) in [6, 6.07) is 1.35. The third-order valence-electron chi connectivity index (χ3n) is 2.14. The number of hydrogen-bond donors (Lipinski definition) is 2. The summed E-state index contributed by atoms with van der Waals surface area (Å²) in [5, 5.41) is 17.8. The number of aromatic nitrogens is 1. The van der Waals surface area contributed by atoms with E-state index in [0.717, 1.165) is 15.9 Å². The van der Waals surface area contributed by atoms with Gasteiger partial charge in [-0.1, -0.05) is 12.7 Å². The van der Waals surface area contributed by atoms with Crippen molar-refractivity contribution in [2.45, 2.75) is 0 Å². The molecule has 5 nitrogen and oxygen atoms in total. The zero-order chi connectivity index (χ0) is 11.9. The summed E-state index contributed by atoms with van der Waals surface area (Å²) in [5.74, 6) is -1.06. The smallest absolute Gasteiger partial charge is 0.416 e. The molecule has 0 saturated heterocycles. The first kappa shape index (κ1) is 10.4. The van der Waals surface area contributed by atoms with Crippen LogP contribution in [0.1, 0.15) is 15.2 Å². The summed E-state index contributed by atoms with van der Waals surface area (Å²) in [5.41, 5.74) is 1.000. The van der Waals surface area contributed by atoms with Crippen molar-refractivity contribution in [3.05, 3.63) is 29.3 Å². The zero-order valence-corrected chi connectivity index (χ0v) is 8.82. The molecule has 0 unspecified atom stereocenters. The van der Waals surface area contributed by atoms with Crippen LogP contribution < -0.4 is 0 Å². The van der Waals surface area contributed by atoms with Gasteiger partial charge in [0.2, 0.25) is 0 Å². The summed E-state index contributed by atoms with van der Waals surface area (Å²) < 4.78 is 1.62. The molecule has 2 aromatic rings.